The summed E-state index contributed by atoms with van der Waals surface area (Å²) in [6.07, 6.45) is -0.754. The predicted molar refractivity (Wildman–Crippen MR) is 82.4 cm³/mol. The summed E-state index contributed by atoms with van der Waals surface area (Å²) in [7, 11) is 1.56. The highest BCUT2D eigenvalue weighted by Gasteiger charge is 2.14. The molecule has 0 radical (unpaired) electrons. The summed E-state index contributed by atoms with van der Waals surface area (Å²) in [6.45, 7) is 2.16. The molecule has 2 rings (SSSR count). The van der Waals surface area contributed by atoms with Crippen LogP contribution >= 0.6 is 0 Å². The topological polar surface area (TPSA) is 61.7 Å². The van der Waals surface area contributed by atoms with Gasteiger partial charge in [0.25, 0.3) is 0 Å². The minimum atomic E-state index is -0.754. The SMILES string of the molecule is COc1ccc(O)c(C(C)NCC(O)c2ccc(F)cc2)c1. The molecule has 0 spiro atoms. The summed E-state index contributed by atoms with van der Waals surface area (Å²) < 4.78 is 18.0. The lowest BCUT2D eigenvalue weighted by atomic mass is 10.1. The van der Waals surface area contributed by atoms with Crippen molar-refractivity contribution in [2.45, 2.75) is 19.1 Å². The van der Waals surface area contributed by atoms with E-state index in [0.717, 1.165) is 0 Å². The van der Waals surface area contributed by atoms with Crippen molar-refractivity contribution in [3.63, 3.8) is 0 Å². The summed E-state index contributed by atoms with van der Waals surface area (Å²) >= 11 is 0. The molecule has 2 atom stereocenters. The van der Waals surface area contributed by atoms with Gasteiger partial charge in [-0.3, -0.25) is 0 Å². The van der Waals surface area contributed by atoms with E-state index in [2.05, 4.69) is 5.32 Å². The lowest BCUT2D eigenvalue weighted by molar-refractivity contribution is 0.170. The number of methoxy groups -OCH3 is 1. The van der Waals surface area contributed by atoms with E-state index < -0.39 is 6.10 Å². The third-order valence-corrected chi connectivity index (χ3v) is 3.57. The molecule has 0 amide bonds. The van der Waals surface area contributed by atoms with Crippen molar-refractivity contribution in [3.8, 4) is 11.5 Å². The van der Waals surface area contributed by atoms with E-state index in [-0.39, 0.29) is 24.2 Å². The maximum atomic E-state index is 12.9. The van der Waals surface area contributed by atoms with Crippen molar-refractivity contribution in [2.24, 2.45) is 0 Å². The van der Waals surface area contributed by atoms with Crippen LogP contribution in [0.2, 0.25) is 0 Å². The van der Waals surface area contributed by atoms with Gasteiger partial charge in [0.15, 0.2) is 0 Å². The van der Waals surface area contributed by atoms with Gasteiger partial charge in [-0.15, -0.1) is 0 Å². The van der Waals surface area contributed by atoms with Gasteiger partial charge in [-0.25, -0.2) is 4.39 Å². The third-order valence-electron chi connectivity index (χ3n) is 3.57. The second-order valence-electron chi connectivity index (χ2n) is 5.12. The summed E-state index contributed by atoms with van der Waals surface area (Å²) in [5.41, 5.74) is 1.32. The first-order chi connectivity index (χ1) is 10.5. The number of phenols is 1. The van der Waals surface area contributed by atoms with E-state index in [0.29, 0.717) is 16.9 Å². The van der Waals surface area contributed by atoms with Gasteiger partial charge in [-0.2, -0.15) is 0 Å². The zero-order valence-electron chi connectivity index (χ0n) is 12.6. The van der Waals surface area contributed by atoms with Crippen molar-refractivity contribution in [1.82, 2.24) is 5.32 Å². The molecule has 0 aliphatic rings. The van der Waals surface area contributed by atoms with Crippen LogP contribution < -0.4 is 10.1 Å². The highest BCUT2D eigenvalue weighted by molar-refractivity contribution is 5.41. The number of nitrogens with one attached hydrogen (secondary N) is 1. The molecule has 0 saturated heterocycles. The smallest absolute Gasteiger partial charge is 0.123 e. The van der Waals surface area contributed by atoms with Crippen LogP contribution in [0.1, 0.15) is 30.2 Å². The average Bonchev–Trinajstić information content (AvgIpc) is 2.53. The summed E-state index contributed by atoms with van der Waals surface area (Å²) in [5.74, 6) is 0.483. The van der Waals surface area contributed by atoms with E-state index in [1.54, 1.807) is 37.4 Å². The molecule has 0 saturated carbocycles. The Morgan fingerprint density at radius 2 is 1.86 bits per heavy atom. The molecule has 0 aliphatic heterocycles. The number of phenolic OH excluding ortho intramolecular Hbond substituents is 1. The molecule has 0 bridgehead atoms. The normalized spacial score (nSPS) is 13.6. The van der Waals surface area contributed by atoms with Crippen molar-refractivity contribution >= 4 is 0 Å². The van der Waals surface area contributed by atoms with Crippen LogP contribution in [0.15, 0.2) is 42.5 Å². The zero-order chi connectivity index (χ0) is 16.1. The molecule has 0 aliphatic carbocycles. The maximum absolute atomic E-state index is 12.9. The molecule has 4 nitrogen and oxygen atoms in total. The number of aromatic hydroxyl groups is 1. The van der Waals surface area contributed by atoms with Gasteiger partial charge in [0.1, 0.15) is 17.3 Å². The molecule has 118 valence electrons. The van der Waals surface area contributed by atoms with Gasteiger partial charge in [-0.1, -0.05) is 12.1 Å². The molecule has 0 aromatic heterocycles. The number of hydrogen-bond acceptors (Lipinski definition) is 4. The monoisotopic (exact) mass is 305 g/mol. The largest absolute Gasteiger partial charge is 0.508 e. The predicted octanol–water partition coefficient (Wildman–Crippen LogP) is 2.92. The van der Waals surface area contributed by atoms with Crippen LogP contribution in [0.4, 0.5) is 4.39 Å². The molecule has 0 fully saturated rings. The Balaban J connectivity index is 2.00. The van der Waals surface area contributed by atoms with Gasteiger partial charge in [0.05, 0.1) is 13.2 Å². The summed E-state index contributed by atoms with van der Waals surface area (Å²) in [6, 6.07) is 10.6. The first-order valence-electron chi connectivity index (χ1n) is 7.05. The lowest BCUT2D eigenvalue weighted by Crippen LogP contribution is -2.24. The second-order valence-corrected chi connectivity index (χ2v) is 5.12. The van der Waals surface area contributed by atoms with Crippen LogP contribution in [0.5, 0.6) is 11.5 Å². The highest BCUT2D eigenvalue weighted by Crippen LogP contribution is 2.28. The maximum Gasteiger partial charge on any atom is 0.123 e. The van der Waals surface area contributed by atoms with Gasteiger partial charge in [0.2, 0.25) is 0 Å². The van der Waals surface area contributed by atoms with Crippen LogP contribution in [-0.4, -0.2) is 23.9 Å². The number of benzene rings is 2. The quantitative estimate of drug-likeness (QED) is 0.768. The third kappa shape index (κ3) is 3.96. The van der Waals surface area contributed by atoms with Gasteiger partial charge in [-0.05, 0) is 42.8 Å². The summed E-state index contributed by atoms with van der Waals surface area (Å²) in [4.78, 5) is 0. The van der Waals surface area contributed by atoms with Crippen LogP contribution in [0.25, 0.3) is 0 Å². The minimum Gasteiger partial charge on any atom is -0.508 e. The van der Waals surface area contributed by atoms with Crippen molar-refractivity contribution in [1.29, 1.82) is 0 Å². The molecule has 2 aromatic rings. The first kappa shape index (κ1) is 16.3. The molecular weight excluding hydrogens is 285 g/mol. The standard InChI is InChI=1S/C17H20FNO3/c1-11(15-9-14(22-2)7-8-16(15)20)19-10-17(21)12-3-5-13(18)6-4-12/h3-9,11,17,19-21H,10H2,1-2H3. The molecular formula is C17H20FNO3. The molecule has 5 heteroatoms. The fraction of sp³-hybridized carbons (Fsp3) is 0.294. The number of aliphatic hydroxyl groups is 1. The van der Waals surface area contributed by atoms with Crippen LogP contribution in [0, 0.1) is 5.82 Å². The van der Waals surface area contributed by atoms with Crippen molar-refractivity contribution in [2.75, 3.05) is 13.7 Å². The van der Waals surface area contributed by atoms with Crippen LogP contribution in [0.3, 0.4) is 0 Å². The van der Waals surface area contributed by atoms with Crippen molar-refractivity contribution < 1.29 is 19.3 Å². The lowest BCUT2D eigenvalue weighted by Gasteiger charge is -2.19. The Hall–Kier alpha value is -2.11. The summed E-state index contributed by atoms with van der Waals surface area (Å²) in [5, 5.41) is 23.2. The van der Waals surface area contributed by atoms with E-state index >= 15 is 0 Å². The van der Waals surface area contributed by atoms with Crippen molar-refractivity contribution in [3.05, 3.63) is 59.4 Å². The average molecular weight is 305 g/mol. The molecule has 2 unspecified atom stereocenters. The molecule has 22 heavy (non-hydrogen) atoms. The van der Waals surface area contributed by atoms with E-state index in [9.17, 15) is 14.6 Å². The fourth-order valence-electron chi connectivity index (χ4n) is 2.21. The molecule has 3 N–H and O–H groups in total. The van der Waals surface area contributed by atoms with E-state index in [1.807, 2.05) is 6.92 Å². The van der Waals surface area contributed by atoms with Gasteiger partial charge in [0, 0.05) is 18.2 Å². The van der Waals surface area contributed by atoms with E-state index in [1.165, 1.54) is 12.1 Å². The number of ether oxygens (including phenoxy) is 1. The Morgan fingerprint density at radius 1 is 1.18 bits per heavy atom. The second kappa shape index (κ2) is 7.24. The number of aliphatic hydroxyl groups excluding tert-OH is 1. The zero-order valence-corrected chi connectivity index (χ0v) is 12.6. The fourth-order valence-corrected chi connectivity index (χ4v) is 2.21. The van der Waals surface area contributed by atoms with E-state index in [4.69, 9.17) is 4.74 Å². The minimum absolute atomic E-state index is 0.164. The Morgan fingerprint density at radius 3 is 2.50 bits per heavy atom. The number of halogens is 1. The Labute approximate surface area is 129 Å². The van der Waals surface area contributed by atoms with Crippen LogP contribution in [-0.2, 0) is 0 Å². The van der Waals surface area contributed by atoms with Gasteiger partial charge >= 0.3 is 0 Å². The number of hydrogen-bond donors (Lipinski definition) is 3. The number of rotatable bonds is 6. The molecule has 0 heterocycles. The molecule has 2 aromatic carbocycles. The Kier molecular flexibility index (Phi) is 5.35. The first-order valence-corrected chi connectivity index (χ1v) is 7.05. The Bertz CT molecular complexity index is 616. The van der Waals surface area contributed by atoms with Gasteiger partial charge < -0.3 is 20.3 Å². The highest BCUT2D eigenvalue weighted by atomic mass is 19.1.